The van der Waals surface area contributed by atoms with Crippen molar-refractivity contribution in [2.75, 3.05) is 13.1 Å². The van der Waals surface area contributed by atoms with Gasteiger partial charge in [-0.15, -0.1) is 0 Å². The molecule has 5 heteroatoms. The summed E-state index contributed by atoms with van der Waals surface area (Å²) in [5.41, 5.74) is 3.41. The molecule has 1 saturated carbocycles. The van der Waals surface area contributed by atoms with Crippen molar-refractivity contribution >= 4 is 0 Å². The van der Waals surface area contributed by atoms with E-state index < -0.39 is 12.1 Å². The minimum absolute atomic E-state index is 0.243. The number of hydrogen-bond donors (Lipinski definition) is 0. The van der Waals surface area contributed by atoms with E-state index >= 15 is 0 Å². The molecule has 0 heterocycles. The molecule has 32 heavy (non-hydrogen) atoms. The molecular weight excluding hydrogens is 409 g/mol. The van der Waals surface area contributed by atoms with E-state index in [2.05, 4.69) is 43.0 Å². The highest BCUT2D eigenvalue weighted by Gasteiger charge is 2.55. The lowest BCUT2D eigenvalue weighted by Gasteiger charge is -2.29. The van der Waals surface area contributed by atoms with Crippen molar-refractivity contribution in [2.45, 2.75) is 71.0 Å². The Bertz CT molecular complexity index is 825. The van der Waals surface area contributed by atoms with Crippen molar-refractivity contribution < 1.29 is 13.2 Å². The van der Waals surface area contributed by atoms with Crippen LogP contribution in [-0.2, 0) is 12.8 Å². The monoisotopic (exact) mass is 444 g/mol. The Morgan fingerprint density at radius 1 is 1.00 bits per heavy atom. The summed E-state index contributed by atoms with van der Waals surface area (Å²) in [6, 6.07) is 20.6. The summed E-state index contributed by atoms with van der Waals surface area (Å²) in [6.07, 6.45) is 0.398. The van der Waals surface area contributed by atoms with E-state index in [1.54, 1.807) is 6.07 Å². The van der Waals surface area contributed by atoms with E-state index in [4.69, 9.17) is 5.26 Å². The van der Waals surface area contributed by atoms with Gasteiger partial charge in [-0.1, -0.05) is 61.5 Å². The van der Waals surface area contributed by atoms with Gasteiger partial charge < -0.3 is 4.90 Å². The van der Waals surface area contributed by atoms with Crippen LogP contribution in [0.3, 0.4) is 0 Å². The molecule has 1 aliphatic rings. The van der Waals surface area contributed by atoms with Crippen LogP contribution in [-0.4, -0.2) is 30.2 Å². The zero-order chi connectivity index (χ0) is 23.6. The van der Waals surface area contributed by atoms with Gasteiger partial charge in [0.25, 0.3) is 0 Å². The number of aryl methyl sites for hydroxylation is 1. The van der Waals surface area contributed by atoms with Crippen LogP contribution < -0.4 is 0 Å². The Morgan fingerprint density at radius 3 is 2.12 bits per heavy atom. The van der Waals surface area contributed by atoms with Crippen molar-refractivity contribution in [3.8, 4) is 6.07 Å². The second-order valence-electron chi connectivity index (χ2n) is 8.61. The van der Waals surface area contributed by atoms with Crippen molar-refractivity contribution in [3.05, 3.63) is 71.3 Å². The SMILES string of the molecule is CC#N.CCCN(CCc1ccccc1)C(C)CCc1ccc(C2CC2C(F)(F)F)cc1. The topological polar surface area (TPSA) is 27.0 Å². The molecule has 2 aromatic rings. The smallest absolute Gasteiger partial charge is 0.300 e. The number of alkyl halides is 3. The Balaban J connectivity index is 0.00000114. The molecule has 3 atom stereocenters. The maximum absolute atomic E-state index is 12.8. The molecule has 174 valence electrons. The molecule has 0 spiro atoms. The van der Waals surface area contributed by atoms with E-state index in [-0.39, 0.29) is 12.3 Å². The van der Waals surface area contributed by atoms with E-state index in [0.717, 1.165) is 44.3 Å². The third kappa shape index (κ3) is 8.31. The Morgan fingerprint density at radius 2 is 1.59 bits per heavy atom. The standard InChI is InChI=1S/C25H32F3N.C2H3N/c1-3-16-29(17-15-20-7-5-4-6-8-20)19(2)9-10-21-11-13-22(14-12-21)23-18-24(23)25(26,27)28;1-2-3/h4-8,11-14,19,23-24H,3,9-10,15-18H2,1-2H3;1H3. The number of nitrogens with zero attached hydrogens (tertiary/aromatic N) is 2. The van der Waals surface area contributed by atoms with Gasteiger partial charge in [-0.25, -0.2) is 0 Å². The van der Waals surface area contributed by atoms with Gasteiger partial charge in [0.2, 0.25) is 0 Å². The molecule has 2 aromatic carbocycles. The second-order valence-corrected chi connectivity index (χ2v) is 8.61. The van der Waals surface area contributed by atoms with Crippen LogP contribution in [0.15, 0.2) is 54.6 Å². The first kappa shape index (κ1) is 25.9. The van der Waals surface area contributed by atoms with Gasteiger partial charge in [-0.3, -0.25) is 0 Å². The highest BCUT2D eigenvalue weighted by molar-refractivity contribution is 5.30. The van der Waals surface area contributed by atoms with Crippen LogP contribution in [0, 0.1) is 17.2 Å². The van der Waals surface area contributed by atoms with Crippen LogP contribution >= 0.6 is 0 Å². The maximum atomic E-state index is 12.8. The van der Waals surface area contributed by atoms with Gasteiger partial charge in [0.1, 0.15) is 0 Å². The van der Waals surface area contributed by atoms with Crippen molar-refractivity contribution in [2.24, 2.45) is 5.92 Å². The highest BCUT2D eigenvalue weighted by atomic mass is 19.4. The zero-order valence-corrected chi connectivity index (χ0v) is 19.4. The zero-order valence-electron chi connectivity index (χ0n) is 19.4. The molecule has 1 aliphatic carbocycles. The summed E-state index contributed by atoms with van der Waals surface area (Å²) in [5, 5.41) is 7.32. The minimum atomic E-state index is -4.05. The molecule has 0 bridgehead atoms. The average Bonchev–Trinajstić information content (AvgIpc) is 3.58. The van der Waals surface area contributed by atoms with Crippen LogP contribution in [0.4, 0.5) is 13.2 Å². The summed E-state index contributed by atoms with van der Waals surface area (Å²) in [4.78, 5) is 2.56. The van der Waals surface area contributed by atoms with E-state index in [0.29, 0.717) is 6.04 Å². The molecule has 0 aromatic heterocycles. The van der Waals surface area contributed by atoms with Gasteiger partial charge in [0.15, 0.2) is 0 Å². The van der Waals surface area contributed by atoms with E-state index in [1.165, 1.54) is 18.1 Å². The number of nitriles is 1. The molecule has 0 amide bonds. The first-order valence-electron chi connectivity index (χ1n) is 11.5. The highest BCUT2D eigenvalue weighted by Crippen LogP contribution is 2.56. The largest absolute Gasteiger partial charge is 0.392 e. The maximum Gasteiger partial charge on any atom is 0.392 e. The fourth-order valence-electron chi connectivity index (χ4n) is 4.17. The van der Waals surface area contributed by atoms with Gasteiger partial charge in [-0.05, 0) is 68.2 Å². The predicted octanol–water partition coefficient (Wildman–Crippen LogP) is 7.16. The normalized spacial score (nSPS) is 18.4. The molecule has 2 nitrogen and oxygen atoms in total. The summed E-state index contributed by atoms with van der Waals surface area (Å²) < 4.78 is 38.3. The van der Waals surface area contributed by atoms with Crippen LogP contribution in [0.25, 0.3) is 0 Å². The molecule has 0 radical (unpaired) electrons. The number of hydrogen-bond acceptors (Lipinski definition) is 2. The predicted molar refractivity (Wildman–Crippen MR) is 124 cm³/mol. The lowest BCUT2D eigenvalue weighted by atomic mass is 10.0. The van der Waals surface area contributed by atoms with Crippen molar-refractivity contribution in [1.82, 2.24) is 4.90 Å². The van der Waals surface area contributed by atoms with Gasteiger partial charge in [0, 0.05) is 19.5 Å². The number of rotatable bonds is 10. The van der Waals surface area contributed by atoms with Crippen LogP contribution in [0.5, 0.6) is 0 Å². The van der Waals surface area contributed by atoms with E-state index in [1.807, 2.05) is 30.3 Å². The molecule has 0 N–H and O–H groups in total. The molecular formula is C27H35F3N2. The lowest BCUT2D eigenvalue weighted by Crippen LogP contribution is -2.35. The number of halogens is 3. The Hall–Kier alpha value is -2.32. The van der Waals surface area contributed by atoms with Crippen LogP contribution in [0.1, 0.15) is 62.6 Å². The van der Waals surface area contributed by atoms with Gasteiger partial charge in [0.05, 0.1) is 12.0 Å². The summed E-state index contributed by atoms with van der Waals surface area (Å²) in [7, 11) is 0. The molecule has 3 unspecified atom stereocenters. The quantitative estimate of drug-likeness (QED) is 0.389. The van der Waals surface area contributed by atoms with Gasteiger partial charge >= 0.3 is 6.18 Å². The van der Waals surface area contributed by atoms with Gasteiger partial charge in [-0.2, -0.15) is 18.4 Å². The fourth-order valence-corrected chi connectivity index (χ4v) is 4.17. The summed E-state index contributed by atoms with van der Waals surface area (Å²) in [6.45, 7) is 8.08. The van der Waals surface area contributed by atoms with E-state index in [9.17, 15) is 13.2 Å². The average molecular weight is 445 g/mol. The Kier molecular flexibility index (Phi) is 10.3. The summed E-state index contributed by atoms with van der Waals surface area (Å²) >= 11 is 0. The fraction of sp³-hybridized carbons (Fsp3) is 0.519. The van der Waals surface area contributed by atoms with Crippen molar-refractivity contribution in [3.63, 3.8) is 0 Å². The molecule has 3 rings (SSSR count). The minimum Gasteiger partial charge on any atom is -0.300 e. The third-order valence-corrected chi connectivity index (χ3v) is 6.13. The number of benzene rings is 2. The van der Waals surface area contributed by atoms with Crippen LogP contribution in [0.2, 0.25) is 0 Å². The lowest BCUT2D eigenvalue weighted by molar-refractivity contribution is -0.148. The molecule has 1 fully saturated rings. The molecule has 0 saturated heterocycles. The summed E-state index contributed by atoms with van der Waals surface area (Å²) in [5.74, 6) is -1.47. The Labute approximate surface area is 191 Å². The molecule has 0 aliphatic heterocycles. The first-order chi connectivity index (χ1) is 15.3. The third-order valence-electron chi connectivity index (χ3n) is 6.13. The second kappa shape index (κ2) is 12.6. The first-order valence-corrected chi connectivity index (χ1v) is 11.5. The van der Waals surface area contributed by atoms with Crippen molar-refractivity contribution in [1.29, 1.82) is 5.26 Å².